The molecule has 230 valence electrons. The molecule has 2 unspecified atom stereocenters. The fraction of sp³-hybridized carbons (Fsp3) is 0.364. The van der Waals surface area contributed by atoms with Crippen LogP contribution in [0.15, 0.2) is 55.0 Å². The highest BCUT2D eigenvalue weighted by Gasteiger charge is 2.52. The van der Waals surface area contributed by atoms with E-state index in [1.165, 1.54) is 45.3 Å². The molecule has 2 fully saturated rings. The number of rotatable bonds is 11. The summed E-state index contributed by atoms with van der Waals surface area (Å²) in [7, 11) is 2.93. The maximum absolute atomic E-state index is 15.1. The average molecular weight is 606 g/mol. The van der Waals surface area contributed by atoms with E-state index in [1.807, 2.05) is 0 Å². The molecule has 3 heterocycles. The first kappa shape index (κ1) is 29.6. The number of ether oxygens (including phenoxy) is 5. The Morgan fingerprint density at radius 1 is 1.00 bits per heavy atom. The third-order valence-corrected chi connectivity index (χ3v) is 8.51. The normalized spacial score (nSPS) is 19.0. The first-order valence-electron chi connectivity index (χ1n) is 14.5. The van der Waals surface area contributed by atoms with Gasteiger partial charge in [-0.1, -0.05) is 0 Å². The molecule has 1 N–H and O–H groups in total. The van der Waals surface area contributed by atoms with Gasteiger partial charge in [-0.2, -0.15) is 0 Å². The number of pyridine rings is 2. The molecule has 11 heteroatoms. The molecule has 4 aromatic rings. The molecular formula is C33H33F2N3O6. The van der Waals surface area contributed by atoms with Crippen LogP contribution in [0.2, 0.25) is 0 Å². The van der Waals surface area contributed by atoms with Gasteiger partial charge in [0.15, 0.2) is 28.9 Å². The quantitative estimate of drug-likeness (QED) is 0.184. The first-order chi connectivity index (χ1) is 21.4. The molecule has 6 rings (SSSR count). The van der Waals surface area contributed by atoms with Crippen LogP contribution in [-0.4, -0.2) is 49.9 Å². The number of amides is 1. The molecule has 2 aromatic carbocycles. The number of carbonyl (C=O) groups is 1. The summed E-state index contributed by atoms with van der Waals surface area (Å²) in [4.78, 5) is 21.0. The number of fused-ring (bicyclic) bond motifs is 2. The van der Waals surface area contributed by atoms with Crippen molar-refractivity contribution in [2.45, 2.75) is 32.1 Å². The second-order valence-corrected chi connectivity index (χ2v) is 11.1. The molecule has 1 amide bonds. The van der Waals surface area contributed by atoms with Crippen LogP contribution in [0.5, 0.6) is 28.7 Å². The zero-order valence-electron chi connectivity index (χ0n) is 24.5. The Hall–Kier alpha value is -4.51. The maximum atomic E-state index is 15.1. The van der Waals surface area contributed by atoms with Crippen LogP contribution in [0.4, 0.5) is 14.5 Å². The van der Waals surface area contributed by atoms with Gasteiger partial charge in [-0.05, 0) is 61.6 Å². The average Bonchev–Trinajstić information content (AvgIpc) is 3.76. The minimum atomic E-state index is -0.891. The van der Waals surface area contributed by atoms with Crippen LogP contribution in [-0.2, 0) is 4.74 Å². The van der Waals surface area contributed by atoms with Gasteiger partial charge in [0, 0.05) is 55.4 Å². The number of hydrogen-bond donors (Lipinski definition) is 1. The van der Waals surface area contributed by atoms with E-state index in [4.69, 9.17) is 23.7 Å². The lowest BCUT2D eigenvalue weighted by atomic mass is 9.93. The van der Waals surface area contributed by atoms with Gasteiger partial charge in [-0.3, -0.25) is 14.8 Å². The smallest absolute Gasteiger partial charge is 0.261 e. The Bertz CT molecular complexity index is 1690. The maximum Gasteiger partial charge on any atom is 0.261 e. The van der Waals surface area contributed by atoms with Crippen molar-refractivity contribution in [2.24, 2.45) is 11.3 Å². The van der Waals surface area contributed by atoms with E-state index < -0.39 is 17.5 Å². The molecule has 0 radical (unpaired) electrons. The van der Waals surface area contributed by atoms with E-state index >= 15 is 8.78 Å². The number of nitrogens with one attached hydrogen (secondary N) is 1. The van der Waals surface area contributed by atoms with Gasteiger partial charge in [0.25, 0.3) is 5.91 Å². The number of methoxy groups -OCH3 is 2. The third-order valence-electron chi connectivity index (χ3n) is 8.51. The van der Waals surface area contributed by atoms with E-state index in [9.17, 15) is 4.79 Å². The molecular weight excluding hydrogens is 572 g/mol. The van der Waals surface area contributed by atoms with E-state index in [1.54, 1.807) is 18.2 Å². The topological polar surface area (TPSA) is 101 Å². The molecule has 0 spiro atoms. The predicted octanol–water partition coefficient (Wildman–Crippen LogP) is 6.95. The first-order valence-corrected chi connectivity index (χ1v) is 14.5. The fourth-order valence-electron chi connectivity index (χ4n) is 6.02. The van der Waals surface area contributed by atoms with Gasteiger partial charge in [-0.25, -0.2) is 8.78 Å². The van der Waals surface area contributed by atoms with Gasteiger partial charge in [0.2, 0.25) is 0 Å². The Labute approximate surface area is 253 Å². The summed E-state index contributed by atoms with van der Waals surface area (Å²) in [6.45, 7) is 2.24. The van der Waals surface area contributed by atoms with Gasteiger partial charge in [0.1, 0.15) is 11.5 Å². The highest BCUT2D eigenvalue weighted by atomic mass is 19.1. The van der Waals surface area contributed by atoms with E-state index in [0.717, 1.165) is 56.9 Å². The van der Waals surface area contributed by atoms with Crippen LogP contribution >= 0.6 is 0 Å². The summed E-state index contributed by atoms with van der Waals surface area (Å²) in [5, 5.41) is 2.88. The van der Waals surface area contributed by atoms with Crippen LogP contribution in [0, 0.1) is 23.0 Å². The van der Waals surface area contributed by atoms with Crippen LogP contribution < -0.4 is 24.3 Å². The van der Waals surface area contributed by atoms with E-state index in [0.29, 0.717) is 34.4 Å². The zero-order chi connectivity index (χ0) is 30.7. The summed E-state index contributed by atoms with van der Waals surface area (Å²) < 4.78 is 58.5. The lowest BCUT2D eigenvalue weighted by Crippen LogP contribution is -2.15. The SMILES string of the molecule is COc1cc2c(Oc3cc(F)c(NC(=O)c4cnccc4OC)cc3F)ccnc2cc1OCCCC12CCOCCC1C2. The minimum absolute atomic E-state index is 0.0710. The largest absolute Gasteiger partial charge is 0.496 e. The van der Waals surface area contributed by atoms with Crippen molar-refractivity contribution in [1.82, 2.24) is 9.97 Å². The molecule has 1 saturated heterocycles. The number of halogens is 2. The Kier molecular flexibility index (Phi) is 8.47. The predicted molar refractivity (Wildman–Crippen MR) is 159 cm³/mol. The van der Waals surface area contributed by atoms with Crippen molar-refractivity contribution in [3.63, 3.8) is 0 Å². The molecule has 1 aliphatic heterocycles. The molecule has 44 heavy (non-hydrogen) atoms. The second-order valence-electron chi connectivity index (χ2n) is 11.1. The summed E-state index contributed by atoms with van der Waals surface area (Å²) in [5.74, 6) is -0.579. The van der Waals surface area contributed by atoms with Crippen LogP contribution in [0.25, 0.3) is 10.9 Å². The lowest BCUT2D eigenvalue weighted by Gasteiger charge is -2.17. The molecule has 2 aliphatic rings. The Morgan fingerprint density at radius 3 is 2.68 bits per heavy atom. The lowest BCUT2D eigenvalue weighted by molar-refractivity contribution is 0.102. The van der Waals surface area contributed by atoms with Crippen LogP contribution in [0.3, 0.4) is 0 Å². The standard InChI is InChI=1S/C33H33F2N3O6/c1-40-27-4-9-36-19-22(27)32(39)38-26-15-24(35)29(16-23(26)34)44-28-5-10-37-25-17-31(30(41-2)14-21(25)28)43-11-3-7-33-8-13-42-12-6-20(33)18-33/h4-5,9-10,14-17,19-20H,3,6-8,11-13,18H2,1-2H3,(H,38,39). The molecule has 0 bridgehead atoms. The monoisotopic (exact) mass is 605 g/mol. The Balaban J connectivity index is 1.15. The fourth-order valence-corrected chi connectivity index (χ4v) is 6.02. The third kappa shape index (κ3) is 6.10. The summed E-state index contributed by atoms with van der Waals surface area (Å²) in [6.07, 6.45) is 9.81. The van der Waals surface area contributed by atoms with Gasteiger partial charge in [0.05, 0.1) is 37.6 Å². The number of hydrogen-bond acceptors (Lipinski definition) is 8. The van der Waals surface area contributed by atoms with E-state index in [-0.39, 0.29) is 28.5 Å². The number of carbonyl (C=O) groups excluding carboxylic acids is 1. The number of benzene rings is 2. The molecule has 2 aromatic heterocycles. The van der Waals surface area contributed by atoms with Crippen molar-refractivity contribution in [3.05, 3.63) is 72.2 Å². The Morgan fingerprint density at radius 2 is 1.84 bits per heavy atom. The summed E-state index contributed by atoms with van der Waals surface area (Å²) >= 11 is 0. The summed E-state index contributed by atoms with van der Waals surface area (Å²) in [6, 6.07) is 8.22. The minimum Gasteiger partial charge on any atom is -0.496 e. The molecule has 9 nitrogen and oxygen atoms in total. The van der Waals surface area contributed by atoms with Crippen molar-refractivity contribution in [2.75, 3.05) is 39.4 Å². The number of anilines is 1. The molecule has 1 aliphatic carbocycles. The van der Waals surface area contributed by atoms with Crippen molar-refractivity contribution < 1.29 is 37.3 Å². The van der Waals surface area contributed by atoms with E-state index in [2.05, 4.69) is 15.3 Å². The zero-order valence-corrected chi connectivity index (χ0v) is 24.5. The molecule has 2 atom stereocenters. The highest BCUT2D eigenvalue weighted by Crippen LogP contribution is 2.61. The molecule has 1 saturated carbocycles. The van der Waals surface area contributed by atoms with Gasteiger partial charge >= 0.3 is 0 Å². The highest BCUT2D eigenvalue weighted by molar-refractivity contribution is 6.06. The van der Waals surface area contributed by atoms with Gasteiger partial charge in [-0.15, -0.1) is 0 Å². The second kappa shape index (κ2) is 12.6. The van der Waals surface area contributed by atoms with Gasteiger partial charge < -0.3 is 29.0 Å². The van der Waals surface area contributed by atoms with Crippen molar-refractivity contribution in [3.8, 4) is 28.7 Å². The number of nitrogens with zero attached hydrogens (tertiary/aromatic N) is 2. The van der Waals surface area contributed by atoms with Crippen LogP contribution in [0.1, 0.15) is 42.5 Å². The van der Waals surface area contributed by atoms with Crippen molar-refractivity contribution in [1.29, 1.82) is 0 Å². The summed E-state index contributed by atoms with van der Waals surface area (Å²) in [5.41, 5.74) is 0.655. The van der Waals surface area contributed by atoms with Crippen molar-refractivity contribution >= 4 is 22.5 Å². The number of aromatic nitrogens is 2.